The third-order valence-electron chi connectivity index (χ3n) is 5.49. The van der Waals surface area contributed by atoms with E-state index in [1.54, 1.807) is 0 Å². The number of piperidine rings is 1. The van der Waals surface area contributed by atoms with Crippen molar-refractivity contribution in [1.29, 1.82) is 0 Å². The second-order valence-electron chi connectivity index (χ2n) is 7.33. The van der Waals surface area contributed by atoms with Crippen LogP contribution in [0.5, 0.6) is 0 Å². The lowest BCUT2D eigenvalue weighted by Crippen LogP contribution is -2.38. The molecule has 6 nitrogen and oxygen atoms in total. The average molecular weight is 456 g/mol. The van der Waals surface area contributed by atoms with Gasteiger partial charge in [-0.3, -0.25) is 9.59 Å². The van der Waals surface area contributed by atoms with Crippen molar-refractivity contribution in [3.63, 3.8) is 0 Å². The summed E-state index contributed by atoms with van der Waals surface area (Å²) in [6.07, 6.45) is 1.43. The normalized spacial score (nSPS) is 14.9. The van der Waals surface area contributed by atoms with Gasteiger partial charge in [-0.15, -0.1) is 0 Å². The molecule has 1 aliphatic heterocycles. The number of amides is 2. The Morgan fingerprint density at radius 3 is 2.62 bits per heavy atom. The molecule has 150 valence electrons. The van der Waals surface area contributed by atoms with E-state index in [2.05, 4.69) is 26.1 Å². The van der Waals surface area contributed by atoms with Crippen LogP contribution in [0.2, 0.25) is 0 Å². The SMILES string of the molecule is Cc1c(C(=O)Nc2ccccc2N2CCC(C(N)=O)CC2)oc2ccc(Br)cc12. The summed E-state index contributed by atoms with van der Waals surface area (Å²) in [6, 6.07) is 13.4. The van der Waals surface area contributed by atoms with Gasteiger partial charge in [0.05, 0.1) is 11.4 Å². The Kier molecular flexibility index (Phi) is 5.32. The number of carbonyl (C=O) groups is 2. The van der Waals surface area contributed by atoms with Gasteiger partial charge in [0.1, 0.15) is 5.58 Å². The topological polar surface area (TPSA) is 88.6 Å². The van der Waals surface area contributed by atoms with Crippen LogP contribution in [0.25, 0.3) is 11.0 Å². The predicted molar refractivity (Wildman–Crippen MR) is 117 cm³/mol. The summed E-state index contributed by atoms with van der Waals surface area (Å²) in [5, 5.41) is 3.91. The highest BCUT2D eigenvalue weighted by Crippen LogP contribution is 2.32. The van der Waals surface area contributed by atoms with E-state index in [0.717, 1.165) is 52.7 Å². The quantitative estimate of drug-likeness (QED) is 0.607. The van der Waals surface area contributed by atoms with E-state index in [0.29, 0.717) is 11.3 Å². The molecule has 2 aromatic carbocycles. The van der Waals surface area contributed by atoms with Crippen LogP contribution in [0.1, 0.15) is 29.0 Å². The molecule has 2 heterocycles. The largest absolute Gasteiger partial charge is 0.451 e. The van der Waals surface area contributed by atoms with Crippen molar-refractivity contribution < 1.29 is 14.0 Å². The minimum atomic E-state index is -0.283. The Hall–Kier alpha value is -2.80. The van der Waals surface area contributed by atoms with Gasteiger partial charge in [0.2, 0.25) is 5.91 Å². The van der Waals surface area contributed by atoms with Crippen molar-refractivity contribution >= 4 is 50.1 Å². The van der Waals surface area contributed by atoms with Gasteiger partial charge in [-0.25, -0.2) is 0 Å². The fourth-order valence-corrected chi connectivity index (χ4v) is 4.21. The van der Waals surface area contributed by atoms with Gasteiger partial charge in [-0.05, 0) is 50.1 Å². The van der Waals surface area contributed by atoms with Crippen LogP contribution >= 0.6 is 15.9 Å². The van der Waals surface area contributed by atoms with Gasteiger partial charge >= 0.3 is 0 Å². The second-order valence-corrected chi connectivity index (χ2v) is 8.25. The highest BCUT2D eigenvalue weighted by atomic mass is 79.9. The minimum absolute atomic E-state index is 0.0782. The molecule has 0 bridgehead atoms. The van der Waals surface area contributed by atoms with E-state index in [-0.39, 0.29) is 17.7 Å². The van der Waals surface area contributed by atoms with Gasteiger partial charge in [0.25, 0.3) is 5.91 Å². The Bertz CT molecular complexity index is 1080. The maximum Gasteiger partial charge on any atom is 0.291 e. The number of hydrogen-bond donors (Lipinski definition) is 2. The number of nitrogens with zero attached hydrogens (tertiary/aromatic N) is 1. The Morgan fingerprint density at radius 2 is 1.90 bits per heavy atom. The van der Waals surface area contributed by atoms with Gasteiger partial charge in [-0.2, -0.15) is 0 Å². The molecule has 1 saturated heterocycles. The first-order valence-electron chi connectivity index (χ1n) is 9.57. The average Bonchev–Trinajstić information content (AvgIpc) is 3.04. The molecule has 1 aliphatic rings. The minimum Gasteiger partial charge on any atom is -0.451 e. The number of nitrogens with one attached hydrogen (secondary N) is 1. The molecule has 0 atom stereocenters. The maximum atomic E-state index is 13.0. The lowest BCUT2D eigenvalue weighted by atomic mass is 9.96. The molecule has 0 spiro atoms. The fraction of sp³-hybridized carbons (Fsp3) is 0.273. The zero-order valence-electron chi connectivity index (χ0n) is 16.1. The Morgan fingerprint density at radius 1 is 1.17 bits per heavy atom. The third kappa shape index (κ3) is 3.87. The number of halogens is 1. The zero-order chi connectivity index (χ0) is 20.5. The molecule has 2 amide bonds. The van der Waals surface area contributed by atoms with E-state index < -0.39 is 0 Å². The third-order valence-corrected chi connectivity index (χ3v) is 5.99. The summed E-state index contributed by atoms with van der Waals surface area (Å²) >= 11 is 3.46. The van der Waals surface area contributed by atoms with E-state index in [4.69, 9.17) is 10.2 Å². The lowest BCUT2D eigenvalue weighted by Gasteiger charge is -2.33. The van der Waals surface area contributed by atoms with Gasteiger partial charge in [0.15, 0.2) is 5.76 Å². The van der Waals surface area contributed by atoms with Crippen molar-refractivity contribution in [2.45, 2.75) is 19.8 Å². The molecule has 4 rings (SSSR count). The van der Waals surface area contributed by atoms with Gasteiger partial charge in [0, 0.05) is 34.4 Å². The number of fused-ring (bicyclic) bond motifs is 1. The molecular formula is C22H22BrN3O3. The number of hydrogen-bond acceptors (Lipinski definition) is 4. The van der Waals surface area contributed by atoms with Crippen molar-refractivity contribution in [2.24, 2.45) is 11.7 Å². The highest BCUT2D eigenvalue weighted by Gasteiger charge is 2.25. The van der Waals surface area contributed by atoms with E-state index in [1.807, 2.05) is 49.4 Å². The Labute approximate surface area is 177 Å². The summed E-state index contributed by atoms with van der Waals surface area (Å²) in [6.45, 7) is 3.32. The number of carbonyl (C=O) groups excluding carboxylic acids is 2. The number of furan rings is 1. The maximum absolute atomic E-state index is 13.0. The fourth-order valence-electron chi connectivity index (χ4n) is 3.85. The molecular weight excluding hydrogens is 434 g/mol. The molecule has 3 N–H and O–H groups in total. The molecule has 0 aliphatic carbocycles. The van der Waals surface area contributed by atoms with Crippen LogP contribution in [-0.2, 0) is 4.79 Å². The molecule has 1 aromatic heterocycles. The van der Waals surface area contributed by atoms with Crippen LogP contribution in [0.15, 0.2) is 51.4 Å². The summed E-state index contributed by atoms with van der Waals surface area (Å²) in [4.78, 5) is 26.6. The van der Waals surface area contributed by atoms with E-state index in [9.17, 15) is 9.59 Å². The second kappa shape index (κ2) is 7.91. The van der Waals surface area contributed by atoms with Crippen molar-refractivity contribution in [1.82, 2.24) is 0 Å². The number of rotatable bonds is 4. The predicted octanol–water partition coefficient (Wildman–Crippen LogP) is 4.46. The summed E-state index contributed by atoms with van der Waals surface area (Å²) in [5.41, 5.74) is 8.57. The number of aryl methyl sites for hydroxylation is 1. The van der Waals surface area contributed by atoms with Crippen LogP contribution in [0.3, 0.4) is 0 Å². The first kappa shape index (κ1) is 19.5. The van der Waals surface area contributed by atoms with Crippen LogP contribution in [0, 0.1) is 12.8 Å². The molecule has 1 fully saturated rings. The lowest BCUT2D eigenvalue weighted by molar-refractivity contribution is -0.122. The molecule has 0 unspecified atom stereocenters. The standard InChI is InChI=1S/C22H22BrN3O3/c1-13-16-12-15(23)6-7-19(16)29-20(13)22(28)25-17-4-2-3-5-18(17)26-10-8-14(9-11-26)21(24)27/h2-7,12,14H,8-11H2,1H3,(H2,24,27)(H,25,28). The van der Waals surface area contributed by atoms with Crippen molar-refractivity contribution in [3.8, 4) is 0 Å². The van der Waals surface area contributed by atoms with E-state index in [1.165, 1.54) is 0 Å². The number of benzene rings is 2. The van der Waals surface area contributed by atoms with Gasteiger partial charge in [-0.1, -0.05) is 28.1 Å². The summed E-state index contributed by atoms with van der Waals surface area (Å²) in [7, 11) is 0. The number of anilines is 2. The Balaban J connectivity index is 1.57. The smallest absolute Gasteiger partial charge is 0.291 e. The van der Waals surface area contributed by atoms with Crippen molar-refractivity contribution in [2.75, 3.05) is 23.3 Å². The summed E-state index contributed by atoms with van der Waals surface area (Å²) in [5.74, 6) is -0.293. The van der Waals surface area contributed by atoms with Crippen LogP contribution in [0.4, 0.5) is 11.4 Å². The monoisotopic (exact) mass is 455 g/mol. The van der Waals surface area contributed by atoms with E-state index >= 15 is 0 Å². The first-order valence-corrected chi connectivity index (χ1v) is 10.4. The molecule has 29 heavy (non-hydrogen) atoms. The number of nitrogens with two attached hydrogens (primary N) is 1. The zero-order valence-corrected chi connectivity index (χ0v) is 17.7. The molecule has 0 radical (unpaired) electrons. The van der Waals surface area contributed by atoms with Crippen molar-refractivity contribution in [3.05, 3.63) is 58.3 Å². The van der Waals surface area contributed by atoms with Crippen LogP contribution < -0.4 is 16.0 Å². The number of para-hydroxylation sites is 2. The van der Waals surface area contributed by atoms with Gasteiger partial charge < -0.3 is 20.4 Å². The highest BCUT2D eigenvalue weighted by molar-refractivity contribution is 9.10. The van der Waals surface area contributed by atoms with Crippen LogP contribution in [-0.4, -0.2) is 24.9 Å². The number of primary amides is 1. The molecule has 0 saturated carbocycles. The summed E-state index contributed by atoms with van der Waals surface area (Å²) < 4.78 is 6.75. The first-order chi connectivity index (χ1) is 13.9. The molecule has 7 heteroatoms. The molecule has 3 aromatic rings.